The van der Waals surface area contributed by atoms with Crippen LogP contribution < -0.4 is 10.5 Å². The summed E-state index contributed by atoms with van der Waals surface area (Å²) >= 11 is 0. The Labute approximate surface area is 92.4 Å². The van der Waals surface area contributed by atoms with E-state index in [-0.39, 0.29) is 5.41 Å². The lowest BCUT2D eigenvalue weighted by Gasteiger charge is -2.29. The summed E-state index contributed by atoms with van der Waals surface area (Å²) in [6.45, 7) is 7.05. The highest BCUT2D eigenvalue weighted by Gasteiger charge is 2.26. The van der Waals surface area contributed by atoms with E-state index < -0.39 is 0 Å². The number of para-hydroxylation sites is 1. The Morgan fingerprint density at radius 1 is 1.40 bits per heavy atom. The van der Waals surface area contributed by atoms with Crippen LogP contribution in [0.1, 0.15) is 31.4 Å². The van der Waals surface area contributed by atoms with Gasteiger partial charge in [-0.05, 0) is 18.9 Å². The zero-order valence-electron chi connectivity index (χ0n) is 10.1. The van der Waals surface area contributed by atoms with E-state index in [1.165, 1.54) is 11.1 Å². The van der Waals surface area contributed by atoms with Gasteiger partial charge in [-0.25, -0.2) is 0 Å². The third-order valence-corrected chi connectivity index (χ3v) is 3.30. The molecule has 2 N–H and O–H groups in total. The van der Waals surface area contributed by atoms with Gasteiger partial charge in [-0.2, -0.15) is 0 Å². The summed E-state index contributed by atoms with van der Waals surface area (Å²) in [6.07, 6.45) is 1.02. The van der Waals surface area contributed by atoms with Crippen molar-refractivity contribution in [3.8, 4) is 5.75 Å². The Bertz CT molecular complexity index is 329. The smallest absolute Gasteiger partial charge is 0.125 e. The number of hydrogen-bond acceptors (Lipinski definition) is 2. The van der Waals surface area contributed by atoms with Gasteiger partial charge in [-0.15, -0.1) is 0 Å². The molecule has 0 heterocycles. The van der Waals surface area contributed by atoms with E-state index in [1.54, 1.807) is 7.11 Å². The van der Waals surface area contributed by atoms with E-state index in [0.29, 0.717) is 6.54 Å². The average molecular weight is 207 g/mol. The van der Waals surface area contributed by atoms with Crippen molar-refractivity contribution in [1.82, 2.24) is 0 Å². The predicted octanol–water partition coefficient (Wildman–Crippen LogP) is 2.63. The first kappa shape index (κ1) is 12.1. The fraction of sp³-hybridized carbons (Fsp3) is 0.538. The lowest BCUT2D eigenvalue weighted by molar-refractivity contribution is 0.379. The van der Waals surface area contributed by atoms with Crippen LogP contribution >= 0.6 is 0 Å². The summed E-state index contributed by atoms with van der Waals surface area (Å²) < 4.78 is 5.47. The van der Waals surface area contributed by atoms with Crippen LogP contribution in [0.2, 0.25) is 0 Å². The second-order valence-corrected chi connectivity index (χ2v) is 4.27. The zero-order valence-corrected chi connectivity index (χ0v) is 10.1. The molecule has 0 aliphatic carbocycles. The van der Waals surface area contributed by atoms with Crippen molar-refractivity contribution in [2.75, 3.05) is 13.7 Å². The van der Waals surface area contributed by atoms with Crippen LogP contribution in [0.15, 0.2) is 18.2 Å². The summed E-state index contributed by atoms with van der Waals surface area (Å²) in [5, 5.41) is 0. The van der Waals surface area contributed by atoms with Crippen molar-refractivity contribution >= 4 is 0 Å². The molecule has 15 heavy (non-hydrogen) atoms. The van der Waals surface area contributed by atoms with Crippen LogP contribution in [-0.4, -0.2) is 13.7 Å². The minimum atomic E-state index is 0.0113. The third kappa shape index (κ3) is 2.15. The maximum absolute atomic E-state index is 5.87. The Kier molecular flexibility index (Phi) is 3.75. The molecule has 1 unspecified atom stereocenters. The number of benzene rings is 1. The van der Waals surface area contributed by atoms with Crippen LogP contribution in [0.25, 0.3) is 0 Å². The van der Waals surface area contributed by atoms with Crippen LogP contribution in [0.3, 0.4) is 0 Å². The van der Waals surface area contributed by atoms with Gasteiger partial charge in [0.1, 0.15) is 5.75 Å². The van der Waals surface area contributed by atoms with Crippen molar-refractivity contribution in [2.45, 2.75) is 32.6 Å². The van der Waals surface area contributed by atoms with Crippen LogP contribution in [0.5, 0.6) is 5.75 Å². The van der Waals surface area contributed by atoms with E-state index in [2.05, 4.69) is 39.0 Å². The van der Waals surface area contributed by atoms with Crippen molar-refractivity contribution in [1.29, 1.82) is 0 Å². The topological polar surface area (TPSA) is 35.2 Å². The molecule has 0 aliphatic rings. The molecule has 84 valence electrons. The molecular formula is C13H21NO. The molecule has 0 radical (unpaired) electrons. The maximum atomic E-state index is 5.87. The molecule has 0 saturated carbocycles. The molecule has 2 nitrogen and oxygen atoms in total. The Hall–Kier alpha value is -1.02. The number of ether oxygens (including phenoxy) is 1. The van der Waals surface area contributed by atoms with Gasteiger partial charge in [-0.3, -0.25) is 0 Å². The van der Waals surface area contributed by atoms with Gasteiger partial charge in [0, 0.05) is 17.5 Å². The molecule has 0 spiro atoms. The van der Waals surface area contributed by atoms with Gasteiger partial charge in [0.25, 0.3) is 0 Å². The first-order chi connectivity index (χ1) is 7.09. The largest absolute Gasteiger partial charge is 0.496 e. The molecule has 1 rings (SSSR count). The first-order valence-corrected chi connectivity index (χ1v) is 5.43. The fourth-order valence-electron chi connectivity index (χ4n) is 1.84. The summed E-state index contributed by atoms with van der Waals surface area (Å²) in [5.41, 5.74) is 8.27. The second kappa shape index (κ2) is 4.67. The van der Waals surface area contributed by atoms with E-state index in [1.807, 2.05) is 0 Å². The average Bonchev–Trinajstić information content (AvgIpc) is 2.27. The highest BCUT2D eigenvalue weighted by molar-refractivity contribution is 5.45. The molecule has 0 aliphatic heterocycles. The minimum Gasteiger partial charge on any atom is -0.496 e. The van der Waals surface area contributed by atoms with E-state index >= 15 is 0 Å². The lowest BCUT2D eigenvalue weighted by Crippen LogP contribution is -2.31. The quantitative estimate of drug-likeness (QED) is 0.823. The normalized spacial score (nSPS) is 14.7. The number of methoxy groups -OCH3 is 1. The van der Waals surface area contributed by atoms with Crippen LogP contribution in [-0.2, 0) is 5.41 Å². The molecule has 1 aromatic rings. The molecular weight excluding hydrogens is 186 g/mol. The second-order valence-electron chi connectivity index (χ2n) is 4.27. The highest BCUT2D eigenvalue weighted by atomic mass is 16.5. The van der Waals surface area contributed by atoms with E-state index in [4.69, 9.17) is 10.5 Å². The van der Waals surface area contributed by atoms with Gasteiger partial charge < -0.3 is 10.5 Å². The number of hydrogen-bond donors (Lipinski definition) is 1. The Morgan fingerprint density at radius 3 is 2.53 bits per heavy atom. The van der Waals surface area contributed by atoms with Crippen molar-refractivity contribution in [3.05, 3.63) is 29.3 Å². The van der Waals surface area contributed by atoms with Gasteiger partial charge in [0.15, 0.2) is 0 Å². The molecule has 0 fully saturated rings. The maximum Gasteiger partial charge on any atom is 0.125 e. The van der Waals surface area contributed by atoms with E-state index in [0.717, 1.165) is 12.2 Å². The van der Waals surface area contributed by atoms with Crippen molar-refractivity contribution in [2.24, 2.45) is 5.73 Å². The third-order valence-electron chi connectivity index (χ3n) is 3.30. The summed E-state index contributed by atoms with van der Waals surface area (Å²) in [6, 6.07) is 6.24. The zero-order chi connectivity index (χ0) is 11.5. The number of aryl methyl sites for hydroxylation is 1. The minimum absolute atomic E-state index is 0.0113. The standard InChI is InChI=1S/C13H21NO/c1-5-13(3,9-14)11-8-6-7-10(2)12(11)15-4/h6-8H,5,9,14H2,1-4H3. The molecule has 0 aromatic heterocycles. The van der Waals surface area contributed by atoms with E-state index in [9.17, 15) is 0 Å². The van der Waals surface area contributed by atoms with Crippen molar-refractivity contribution in [3.63, 3.8) is 0 Å². The molecule has 0 amide bonds. The van der Waals surface area contributed by atoms with Gasteiger partial charge in [-0.1, -0.05) is 32.0 Å². The summed E-state index contributed by atoms with van der Waals surface area (Å²) in [5.74, 6) is 0.979. The van der Waals surface area contributed by atoms with Crippen molar-refractivity contribution < 1.29 is 4.74 Å². The number of rotatable bonds is 4. The SMILES string of the molecule is CCC(C)(CN)c1cccc(C)c1OC. The highest BCUT2D eigenvalue weighted by Crippen LogP contribution is 2.35. The molecule has 0 saturated heterocycles. The molecule has 0 bridgehead atoms. The summed E-state index contributed by atoms with van der Waals surface area (Å²) in [4.78, 5) is 0. The first-order valence-electron chi connectivity index (χ1n) is 5.43. The lowest BCUT2D eigenvalue weighted by atomic mass is 9.79. The number of nitrogens with two attached hydrogens (primary N) is 1. The van der Waals surface area contributed by atoms with Gasteiger partial charge in [0.2, 0.25) is 0 Å². The van der Waals surface area contributed by atoms with Crippen LogP contribution in [0.4, 0.5) is 0 Å². The van der Waals surface area contributed by atoms with Gasteiger partial charge >= 0.3 is 0 Å². The Morgan fingerprint density at radius 2 is 2.07 bits per heavy atom. The molecule has 2 heteroatoms. The molecule has 1 aromatic carbocycles. The Balaban J connectivity index is 3.29. The van der Waals surface area contributed by atoms with Crippen LogP contribution in [0, 0.1) is 6.92 Å². The van der Waals surface area contributed by atoms with Gasteiger partial charge in [0.05, 0.1) is 7.11 Å². The predicted molar refractivity (Wildman–Crippen MR) is 64.4 cm³/mol. The monoisotopic (exact) mass is 207 g/mol. The summed E-state index contributed by atoms with van der Waals surface area (Å²) in [7, 11) is 1.72. The fourth-order valence-corrected chi connectivity index (χ4v) is 1.84. The molecule has 1 atom stereocenters.